The molecule has 7 nitrogen and oxygen atoms in total. The third kappa shape index (κ3) is 4.59. The zero-order valence-corrected chi connectivity index (χ0v) is 14.5. The van der Waals surface area contributed by atoms with E-state index in [-0.39, 0.29) is 6.03 Å². The molecule has 2 heterocycles. The van der Waals surface area contributed by atoms with Crippen LogP contribution in [0.1, 0.15) is 19.8 Å². The summed E-state index contributed by atoms with van der Waals surface area (Å²) in [6.45, 7) is 4.23. The van der Waals surface area contributed by atoms with Crippen molar-refractivity contribution in [1.82, 2.24) is 9.97 Å². The Bertz CT molecular complexity index is 729. The van der Waals surface area contributed by atoms with Gasteiger partial charge in [0, 0.05) is 30.9 Å². The molecule has 0 aliphatic carbocycles. The summed E-state index contributed by atoms with van der Waals surface area (Å²) < 4.78 is 5.15. The first-order valence-electron chi connectivity index (χ1n) is 8.43. The average Bonchev–Trinajstić information content (AvgIpc) is 2.62. The predicted molar refractivity (Wildman–Crippen MR) is 98.3 cm³/mol. The molecule has 1 aromatic carbocycles. The van der Waals surface area contributed by atoms with Crippen molar-refractivity contribution in [2.45, 2.75) is 19.8 Å². The normalized spacial score (nSPS) is 14.9. The van der Waals surface area contributed by atoms with E-state index in [0.29, 0.717) is 17.3 Å². The van der Waals surface area contributed by atoms with E-state index >= 15 is 0 Å². The van der Waals surface area contributed by atoms with E-state index in [1.807, 2.05) is 12.1 Å². The lowest BCUT2D eigenvalue weighted by Crippen LogP contribution is -2.33. The summed E-state index contributed by atoms with van der Waals surface area (Å²) in [5.41, 5.74) is 0.649. The summed E-state index contributed by atoms with van der Waals surface area (Å²) in [5, 5.41) is 5.51. The number of anilines is 3. The smallest absolute Gasteiger partial charge is 0.324 e. The van der Waals surface area contributed by atoms with Crippen LogP contribution in [0.2, 0.25) is 0 Å². The highest BCUT2D eigenvalue weighted by Gasteiger charge is 2.17. The van der Waals surface area contributed by atoms with Gasteiger partial charge in [-0.25, -0.2) is 14.8 Å². The van der Waals surface area contributed by atoms with Crippen LogP contribution in [0.5, 0.6) is 5.75 Å². The van der Waals surface area contributed by atoms with Gasteiger partial charge < -0.3 is 15.0 Å². The first-order valence-corrected chi connectivity index (χ1v) is 8.43. The fraction of sp³-hybridized carbons (Fsp3) is 0.389. The Morgan fingerprint density at radius 1 is 1.20 bits per heavy atom. The molecule has 0 atom stereocenters. The topological polar surface area (TPSA) is 79.4 Å². The van der Waals surface area contributed by atoms with Crippen LogP contribution in [0, 0.1) is 5.92 Å². The van der Waals surface area contributed by atoms with E-state index in [9.17, 15) is 4.79 Å². The summed E-state index contributed by atoms with van der Waals surface area (Å²) >= 11 is 0. The van der Waals surface area contributed by atoms with Gasteiger partial charge in [0.1, 0.15) is 23.7 Å². The van der Waals surface area contributed by atoms with Gasteiger partial charge in [-0.2, -0.15) is 0 Å². The van der Waals surface area contributed by atoms with Crippen LogP contribution in [0.3, 0.4) is 0 Å². The third-order valence-electron chi connectivity index (χ3n) is 4.33. The number of hydrogen-bond donors (Lipinski definition) is 2. The van der Waals surface area contributed by atoms with E-state index in [1.165, 1.54) is 6.33 Å². The zero-order valence-electron chi connectivity index (χ0n) is 14.5. The summed E-state index contributed by atoms with van der Waals surface area (Å²) in [6.07, 6.45) is 3.79. The summed E-state index contributed by atoms with van der Waals surface area (Å²) in [7, 11) is 1.59. The molecule has 2 aromatic rings. The van der Waals surface area contributed by atoms with Crippen molar-refractivity contribution in [2.24, 2.45) is 5.92 Å². The fourth-order valence-corrected chi connectivity index (χ4v) is 2.81. The van der Waals surface area contributed by atoms with E-state index < -0.39 is 0 Å². The lowest BCUT2D eigenvalue weighted by molar-refractivity contribution is 0.262. The number of piperidine rings is 1. The highest BCUT2D eigenvalue weighted by Crippen LogP contribution is 2.22. The van der Waals surface area contributed by atoms with Crippen LogP contribution in [0.25, 0.3) is 0 Å². The fourth-order valence-electron chi connectivity index (χ4n) is 2.81. The van der Waals surface area contributed by atoms with Gasteiger partial charge in [0.05, 0.1) is 7.11 Å². The maximum Gasteiger partial charge on any atom is 0.324 e. The molecule has 25 heavy (non-hydrogen) atoms. The molecule has 2 N–H and O–H groups in total. The molecule has 0 radical (unpaired) electrons. The summed E-state index contributed by atoms with van der Waals surface area (Å²) in [4.78, 5) is 22.9. The van der Waals surface area contributed by atoms with Crippen LogP contribution in [0.4, 0.5) is 22.1 Å². The molecule has 0 saturated carbocycles. The van der Waals surface area contributed by atoms with E-state index in [1.54, 1.807) is 25.3 Å². The standard InChI is InChI=1S/C18H23N5O2/c1-13-6-8-23(9-7-13)17-11-16(19-12-20-17)22-18(24)21-14-4-3-5-15(10-14)25-2/h3-5,10-13H,6-9H2,1-2H3,(H2,19,20,21,22,24). The van der Waals surface area contributed by atoms with Gasteiger partial charge in [-0.1, -0.05) is 13.0 Å². The number of methoxy groups -OCH3 is 1. The Morgan fingerprint density at radius 2 is 2.00 bits per heavy atom. The number of benzene rings is 1. The molecule has 0 unspecified atom stereocenters. The van der Waals surface area contributed by atoms with E-state index in [0.717, 1.165) is 37.7 Å². The van der Waals surface area contributed by atoms with Gasteiger partial charge >= 0.3 is 6.03 Å². The van der Waals surface area contributed by atoms with Crippen LogP contribution in [-0.4, -0.2) is 36.2 Å². The molecule has 1 aliphatic rings. The van der Waals surface area contributed by atoms with E-state index in [4.69, 9.17) is 4.74 Å². The number of nitrogens with one attached hydrogen (secondary N) is 2. The Balaban J connectivity index is 1.62. The van der Waals surface area contributed by atoms with Crippen molar-refractivity contribution in [1.29, 1.82) is 0 Å². The highest BCUT2D eigenvalue weighted by atomic mass is 16.5. The first-order chi connectivity index (χ1) is 12.1. The SMILES string of the molecule is COc1cccc(NC(=O)Nc2cc(N3CCC(C)CC3)ncn2)c1. The number of nitrogens with zero attached hydrogens (tertiary/aromatic N) is 3. The van der Waals surface area contributed by atoms with Gasteiger partial charge in [0.25, 0.3) is 0 Å². The van der Waals surface area contributed by atoms with Crippen molar-refractivity contribution in [2.75, 3.05) is 35.7 Å². The minimum absolute atomic E-state index is 0.356. The second kappa shape index (κ2) is 7.83. The average molecular weight is 341 g/mol. The molecule has 132 valence electrons. The maximum atomic E-state index is 12.2. The number of hydrogen-bond acceptors (Lipinski definition) is 5. The lowest BCUT2D eigenvalue weighted by atomic mass is 9.99. The minimum Gasteiger partial charge on any atom is -0.497 e. The van der Waals surface area contributed by atoms with Crippen LogP contribution in [0.15, 0.2) is 36.7 Å². The molecule has 1 fully saturated rings. The molecule has 7 heteroatoms. The Kier molecular flexibility index (Phi) is 5.33. The van der Waals surface area contributed by atoms with Crippen LogP contribution >= 0.6 is 0 Å². The number of rotatable bonds is 4. The number of amides is 2. The number of aromatic nitrogens is 2. The lowest BCUT2D eigenvalue weighted by Gasteiger charge is -2.31. The number of carbonyl (C=O) groups excluding carboxylic acids is 1. The van der Waals surface area contributed by atoms with Gasteiger partial charge in [-0.3, -0.25) is 5.32 Å². The van der Waals surface area contributed by atoms with Gasteiger partial charge in [-0.05, 0) is 30.9 Å². The summed E-state index contributed by atoms with van der Waals surface area (Å²) in [6, 6.07) is 8.63. The molecular formula is C18H23N5O2. The van der Waals surface area contributed by atoms with Crippen molar-refractivity contribution in [3.8, 4) is 5.75 Å². The quantitative estimate of drug-likeness (QED) is 0.891. The molecule has 0 bridgehead atoms. The first kappa shape index (κ1) is 17.0. The van der Waals surface area contributed by atoms with Crippen LogP contribution in [-0.2, 0) is 0 Å². The van der Waals surface area contributed by atoms with Crippen molar-refractivity contribution < 1.29 is 9.53 Å². The second-order valence-electron chi connectivity index (χ2n) is 6.24. The number of urea groups is 1. The molecule has 1 saturated heterocycles. The molecular weight excluding hydrogens is 318 g/mol. The zero-order chi connectivity index (χ0) is 17.6. The predicted octanol–water partition coefficient (Wildman–Crippen LogP) is 3.37. The van der Waals surface area contributed by atoms with Crippen LogP contribution < -0.4 is 20.3 Å². The number of ether oxygens (including phenoxy) is 1. The van der Waals surface area contributed by atoms with Gasteiger partial charge in [0.15, 0.2) is 0 Å². The Morgan fingerprint density at radius 3 is 2.76 bits per heavy atom. The van der Waals surface area contributed by atoms with E-state index in [2.05, 4.69) is 32.4 Å². The molecule has 2 amide bonds. The number of carbonyl (C=O) groups is 1. The second-order valence-corrected chi connectivity index (χ2v) is 6.24. The molecule has 3 rings (SSSR count). The Labute approximate surface area is 147 Å². The van der Waals surface area contributed by atoms with Crippen molar-refractivity contribution >= 4 is 23.4 Å². The van der Waals surface area contributed by atoms with Gasteiger partial charge in [0.2, 0.25) is 0 Å². The maximum absolute atomic E-state index is 12.2. The van der Waals surface area contributed by atoms with Crippen molar-refractivity contribution in [3.63, 3.8) is 0 Å². The summed E-state index contributed by atoms with van der Waals surface area (Å²) in [5.74, 6) is 2.76. The van der Waals surface area contributed by atoms with Crippen molar-refractivity contribution in [3.05, 3.63) is 36.7 Å². The Hall–Kier alpha value is -2.83. The highest BCUT2D eigenvalue weighted by molar-refractivity contribution is 5.99. The largest absolute Gasteiger partial charge is 0.497 e. The monoisotopic (exact) mass is 341 g/mol. The molecule has 1 aromatic heterocycles. The molecule has 0 spiro atoms. The molecule has 1 aliphatic heterocycles. The minimum atomic E-state index is -0.356. The third-order valence-corrected chi connectivity index (χ3v) is 4.33. The van der Waals surface area contributed by atoms with Gasteiger partial charge in [-0.15, -0.1) is 0 Å².